The van der Waals surface area contributed by atoms with Crippen molar-refractivity contribution < 1.29 is 9.53 Å². The van der Waals surface area contributed by atoms with Crippen LogP contribution in [0.2, 0.25) is 0 Å². The van der Waals surface area contributed by atoms with Gasteiger partial charge in [-0.3, -0.25) is 9.69 Å². The van der Waals surface area contributed by atoms with E-state index in [1.54, 1.807) is 7.11 Å². The molecular formula is C13H27N3O2. The molecule has 5 heteroatoms. The van der Waals surface area contributed by atoms with Crippen molar-refractivity contribution in [2.75, 3.05) is 33.4 Å². The van der Waals surface area contributed by atoms with Crippen LogP contribution in [-0.4, -0.2) is 56.2 Å². The zero-order valence-electron chi connectivity index (χ0n) is 11.8. The predicted octanol–water partition coefficient (Wildman–Crippen LogP) is 0.197. The number of ether oxygens (including phenoxy) is 1. The maximum absolute atomic E-state index is 12.0. The van der Waals surface area contributed by atoms with E-state index < -0.39 is 0 Å². The van der Waals surface area contributed by atoms with Crippen molar-refractivity contribution in [1.29, 1.82) is 0 Å². The summed E-state index contributed by atoms with van der Waals surface area (Å²) in [6.45, 7) is 6.88. The third-order valence-electron chi connectivity index (χ3n) is 3.88. The molecule has 0 aliphatic carbocycles. The number of nitrogens with one attached hydrogen (secondary N) is 1. The number of carbonyl (C=O) groups excluding carboxylic acids is 1. The van der Waals surface area contributed by atoms with Gasteiger partial charge in [-0.15, -0.1) is 0 Å². The van der Waals surface area contributed by atoms with Crippen molar-refractivity contribution >= 4 is 5.91 Å². The molecule has 1 amide bonds. The Morgan fingerprint density at radius 2 is 2.33 bits per heavy atom. The summed E-state index contributed by atoms with van der Waals surface area (Å²) >= 11 is 0. The van der Waals surface area contributed by atoms with Crippen molar-refractivity contribution in [1.82, 2.24) is 10.2 Å². The number of piperidine rings is 1. The summed E-state index contributed by atoms with van der Waals surface area (Å²) in [6.07, 6.45) is 2.35. The molecule has 1 fully saturated rings. The fourth-order valence-corrected chi connectivity index (χ4v) is 2.70. The van der Waals surface area contributed by atoms with E-state index in [0.717, 1.165) is 13.0 Å². The number of hydrogen-bond acceptors (Lipinski definition) is 4. The van der Waals surface area contributed by atoms with Crippen LogP contribution in [0.3, 0.4) is 0 Å². The fourth-order valence-electron chi connectivity index (χ4n) is 2.70. The third-order valence-corrected chi connectivity index (χ3v) is 3.88. The second-order valence-electron chi connectivity index (χ2n) is 5.12. The summed E-state index contributed by atoms with van der Waals surface area (Å²) in [6, 6.07) is 0.208. The molecule has 0 aromatic heterocycles. The van der Waals surface area contributed by atoms with E-state index in [1.807, 2.05) is 6.92 Å². The molecule has 0 spiro atoms. The molecule has 0 bridgehead atoms. The van der Waals surface area contributed by atoms with Gasteiger partial charge in [0.05, 0.1) is 12.6 Å². The van der Waals surface area contributed by atoms with Gasteiger partial charge in [-0.25, -0.2) is 0 Å². The van der Waals surface area contributed by atoms with E-state index in [4.69, 9.17) is 10.5 Å². The Balaban J connectivity index is 2.52. The summed E-state index contributed by atoms with van der Waals surface area (Å²) in [5.41, 5.74) is 5.85. The van der Waals surface area contributed by atoms with E-state index in [2.05, 4.69) is 17.1 Å². The Kier molecular flexibility index (Phi) is 6.60. The molecule has 18 heavy (non-hydrogen) atoms. The monoisotopic (exact) mass is 257 g/mol. The second-order valence-corrected chi connectivity index (χ2v) is 5.12. The predicted molar refractivity (Wildman–Crippen MR) is 72.3 cm³/mol. The molecule has 1 aliphatic rings. The third kappa shape index (κ3) is 3.93. The molecule has 1 saturated heterocycles. The highest BCUT2D eigenvalue weighted by molar-refractivity contribution is 5.81. The number of hydrogen-bond donors (Lipinski definition) is 2. The highest BCUT2D eigenvalue weighted by Gasteiger charge is 2.33. The van der Waals surface area contributed by atoms with Crippen LogP contribution in [0.15, 0.2) is 0 Å². The lowest BCUT2D eigenvalue weighted by atomic mass is 9.89. The van der Waals surface area contributed by atoms with Crippen molar-refractivity contribution in [3.05, 3.63) is 0 Å². The van der Waals surface area contributed by atoms with Crippen molar-refractivity contribution in [2.45, 2.75) is 38.8 Å². The van der Waals surface area contributed by atoms with Crippen molar-refractivity contribution in [3.8, 4) is 0 Å². The molecule has 0 aromatic rings. The van der Waals surface area contributed by atoms with E-state index in [9.17, 15) is 4.79 Å². The molecule has 3 unspecified atom stereocenters. The average Bonchev–Trinajstić information content (AvgIpc) is 2.37. The van der Waals surface area contributed by atoms with E-state index in [1.165, 1.54) is 6.42 Å². The number of amides is 1. The van der Waals surface area contributed by atoms with Gasteiger partial charge in [0.2, 0.25) is 5.91 Å². The minimum absolute atomic E-state index is 0.0691. The largest absolute Gasteiger partial charge is 0.383 e. The van der Waals surface area contributed by atoms with E-state index in [0.29, 0.717) is 31.7 Å². The van der Waals surface area contributed by atoms with E-state index in [-0.39, 0.29) is 11.9 Å². The van der Waals surface area contributed by atoms with Gasteiger partial charge in [-0.2, -0.15) is 0 Å². The van der Waals surface area contributed by atoms with Crippen LogP contribution < -0.4 is 11.1 Å². The first-order valence-corrected chi connectivity index (χ1v) is 6.84. The van der Waals surface area contributed by atoms with Crippen LogP contribution in [0.1, 0.15) is 26.7 Å². The maximum Gasteiger partial charge on any atom is 0.237 e. The highest BCUT2D eigenvalue weighted by Crippen LogP contribution is 2.24. The van der Waals surface area contributed by atoms with Gasteiger partial charge in [0.15, 0.2) is 0 Å². The summed E-state index contributed by atoms with van der Waals surface area (Å²) in [5, 5.41) is 2.89. The van der Waals surface area contributed by atoms with Crippen molar-refractivity contribution in [3.63, 3.8) is 0 Å². The standard InChI is InChI=1S/C13H27N3O2/c1-10-5-4-7-16(12(10)9-14)11(2)13(17)15-6-8-18-3/h10-12H,4-9,14H2,1-3H3,(H,15,17). The van der Waals surface area contributed by atoms with Gasteiger partial charge >= 0.3 is 0 Å². The number of methoxy groups -OCH3 is 1. The number of rotatable bonds is 6. The molecule has 1 heterocycles. The van der Waals surface area contributed by atoms with Crippen LogP contribution in [0.25, 0.3) is 0 Å². The smallest absolute Gasteiger partial charge is 0.237 e. The van der Waals surface area contributed by atoms with Gasteiger partial charge in [0.25, 0.3) is 0 Å². The number of nitrogens with two attached hydrogens (primary N) is 1. The quantitative estimate of drug-likeness (QED) is 0.667. The topological polar surface area (TPSA) is 67.6 Å². The first kappa shape index (κ1) is 15.4. The summed E-state index contributed by atoms with van der Waals surface area (Å²) in [5.74, 6) is 0.637. The molecule has 5 nitrogen and oxygen atoms in total. The van der Waals surface area contributed by atoms with Crippen LogP contribution in [0, 0.1) is 5.92 Å². The molecule has 1 rings (SSSR count). The SMILES string of the molecule is COCCNC(=O)C(C)N1CCCC(C)C1CN. The van der Waals surface area contributed by atoms with Gasteiger partial charge < -0.3 is 15.8 Å². The molecule has 0 saturated carbocycles. The van der Waals surface area contributed by atoms with Crippen LogP contribution in [0.4, 0.5) is 0 Å². The van der Waals surface area contributed by atoms with Gasteiger partial charge in [0.1, 0.15) is 0 Å². The molecule has 3 atom stereocenters. The molecule has 1 aliphatic heterocycles. The normalized spacial score (nSPS) is 26.9. The maximum atomic E-state index is 12.0. The Hall–Kier alpha value is -0.650. The zero-order chi connectivity index (χ0) is 13.5. The highest BCUT2D eigenvalue weighted by atomic mass is 16.5. The summed E-state index contributed by atoms with van der Waals surface area (Å²) in [4.78, 5) is 14.3. The Morgan fingerprint density at radius 1 is 1.61 bits per heavy atom. The first-order valence-electron chi connectivity index (χ1n) is 6.84. The number of nitrogens with zero attached hydrogens (tertiary/aromatic N) is 1. The van der Waals surface area contributed by atoms with Crippen LogP contribution in [-0.2, 0) is 9.53 Å². The second kappa shape index (κ2) is 7.71. The average molecular weight is 257 g/mol. The van der Waals surface area contributed by atoms with Gasteiger partial charge in [-0.1, -0.05) is 6.92 Å². The Labute approximate surface area is 110 Å². The molecule has 3 N–H and O–H groups in total. The molecular weight excluding hydrogens is 230 g/mol. The minimum Gasteiger partial charge on any atom is -0.383 e. The molecule has 106 valence electrons. The number of likely N-dealkylation sites (tertiary alicyclic amines) is 1. The summed E-state index contributed by atoms with van der Waals surface area (Å²) in [7, 11) is 1.63. The lowest BCUT2D eigenvalue weighted by molar-refractivity contribution is -0.128. The van der Waals surface area contributed by atoms with Gasteiger partial charge in [-0.05, 0) is 32.2 Å². The lowest BCUT2D eigenvalue weighted by Gasteiger charge is -2.42. The first-order chi connectivity index (χ1) is 8.61. The van der Waals surface area contributed by atoms with Crippen LogP contribution in [0.5, 0.6) is 0 Å². The van der Waals surface area contributed by atoms with Gasteiger partial charge in [0, 0.05) is 26.2 Å². The minimum atomic E-state index is -0.113. The molecule has 0 aromatic carbocycles. The summed E-state index contributed by atoms with van der Waals surface area (Å²) < 4.78 is 4.93. The Morgan fingerprint density at radius 3 is 2.94 bits per heavy atom. The number of carbonyl (C=O) groups is 1. The van der Waals surface area contributed by atoms with Crippen molar-refractivity contribution in [2.24, 2.45) is 11.7 Å². The Bertz CT molecular complexity index is 261. The van der Waals surface area contributed by atoms with E-state index >= 15 is 0 Å². The lowest BCUT2D eigenvalue weighted by Crippen LogP contribution is -2.56. The fraction of sp³-hybridized carbons (Fsp3) is 0.923. The zero-order valence-corrected chi connectivity index (χ0v) is 11.8. The van der Waals surface area contributed by atoms with Crippen LogP contribution >= 0.6 is 0 Å². The molecule has 0 radical (unpaired) electrons.